The van der Waals surface area contributed by atoms with Crippen LogP contribution in [-0.4, -0.2) is 87.5 Å². The van der Waals surface area contributed by atoms with Crippen LogP contribution >= 0.6 is 0 Å². The number of unbranched alkanes of at least 4 members (excludes halogenated alkanes) is 44. The van der Waals surface area contributed by atoms with Gasteiger partial charge in [-0.05, 0) is 51.4 Å². The summed E-state index contributed by atoms with van der Waals surface area (Å²) in [5.41, 5.74) is 0. The van der Waals surface area contributed by atoms with Crippen LogP contribution < -0.4 is 5.32 Å². The Morgan fingerprint density at radius 3 is 1.13 bits per heavy atom. The van der Waals surface area contributed by atoms with E-state index in [1.165, 1.54) is 263 Å². The first-order chi connectivity index (χ1) is 37.3. The minimum atomic E-state index is -1.57. The molecule has 0 aliphatic carbocycles. The maximum absolute atomic E-state index is 13.1. The van der Waals surface area contributed by atoms with Gasteiger partial charge in [-0.15, -0.1) is 0 Å². The lowest BCUT2D eigenvalue weighted by Gasteiger charge is -2.40. The van der Waals surface area contributed by atoms with Crippen molar-refractivity contribution in [3.63, 3.8) is 0 Å². The van der Waals surface area contributed by atoms with Gasteiger partial charge >= 0.3 is 0 Å². The van der Waals surface area contributed by atoms with Crippen molar-refractivity contribution in [1.29, 1.82) is 0 Å². The van der Waals surface area contributed by atoms with Crippen molar-refractivity contribution < 1.29 is 39.8 Å². The molecule has 6 N–H and O–H groups in total. The molecule has 0 aromatic carbocycles. The summed E-state index contributed by atoms with van der Waals surface area (Å²) in [6, 6.07) is -0.803. The average molecular weight is 1070 g/mol. The van der Waals surface area contributed by atoms with Crippen LogP contribution in [0.15, 0.2) is 36.5 Å². The fraction of sp³-hybridized carbons (Fsp3) is 0.896. The summed E-state index contributed by atoms with van der Waals surface area (Å²) in [6.07, 6.45) is 68.3. The zero-order chi connectivity index (χ0) is 55.0. The monoisotopic (exact) mass is 1070 g/mol. The smallest absolute Gasteiger partial charge is 0.220 e. The molecule has 0 aromatic rings. The van der Waals surface area contributed by atoms with Crippen molar-refractivity contribution in [1.82, 2.24) is 5.32 Å². The van der Waals surface area contributed by atoms with E-state index in [1.807, 2.05) is 6.08 Å². The Morgan fingerprint density at radius 1 is 0.447 bits per heavy atom. The Labute approximate surface area is 470 Å². The molecular weight excluding hydrogens is 947 g/mol. The van der Waals surface area contributed by atoms with Crippen molar-refractivity contribution in [3.8, 4) is 0 Å². The number of hydrogen-bond donors (Lipinski definition) is 6. The Balaban J connectivity index is 2.04. The lowest BCUT2D eigenvalue weighted by molar-refractivity contribution is -0.302. The minimum absolute atomic E-state index is 0.173. The predicted octanol–water partition coefficient (Wildman–Crippen LogP) is 17.5. The molecule has 1 saturated heterocycles. The van der Waals surface area contributed by atoms with Gasteiger partial charge in [-0.25, -0.2) is 0 Å². The van der Waals surface area contributed by atoms with Gasteiger partial charge < -0.3 is 40.3 Å². The predicted molar refractivity (Wildman–Crippen MR) is 323 cm³/mol. The molecule has 448 valence electrons. The molecule has 76 heavy (non-hydrogen) atoms. The van der Waals surface area contributed by atoms with E-state index in [2.05, 4.69) is 43.5 Å². The molecule has 1 amide bonds. The fourth-order valence-corrected chi connectivity index (χ4v) is 10.7. The van der Waals surface area contributed by atoms with Gasteiger partial charge in [0.15, 0.2) is 6.29 Å². The van der Waals surface area contributed by atoms with Gasteiger partial charge in [0.2, 0.25) is 5.91 Å². The highest BCUT2D eigenvalue weighted by Crippen LogP contribution is 2.23. The third kappa shape index (κ3) is 45.2. The van der Waals surface area contributed by atoms with Crippen LogP contribution in [0.2, 0.25) is 0 Å². The molecule has 0 spiro atoms. The minimum Gasteiger partial charge on any atom is -0.394 e. The molecular formula is C67H127NO8. The molecule has 0 radical (unpaired) electrons. The quantitative estimate of drug-likeness (QED) is 0.0261. The van der Waals surface area contributed by atoms with Gasteiger partial charge in [-0.2, -0.15) is 0 Å². The zero-order valence-corrected chi connectivity index (χ0v) is 50.0. The molecule has 1 aliphatic heterocycles. The van der Waals surface area contributed by atoms with E-state index in [9.17, 15) is 30.3 Å². The molecule has 0 aromatic heterocycles. The first kappa shape index (κ1) is 72.4. The second kappa shape index (κ2) is 56.7. The van der Waals surface area contributed by atoms with Crippen LogP contribution in [0, 0.1) is 0 Å². The van der Waals surface area contributed by atoms with Gasteiger partial charge in [-0.1, -0.05) is 307 Å². The summed E-state index contributed by atoms with van der Waals surface area (Å²) in [6.45, 7) is 3.81. The van der Waals surface area contributed by atoms with Crippen molar-refractivity contribution in [3.05, 3.63) is 36.5 Å². The van der Waals surface area contributed by atoms with E-state index in [0.29, 0.717) is 6.42 Å². The number of carbonyl (C=O) groups excluding carboxylic acids is 1. The van der Waals surface area contributed by atoms with Crippen molar-refractivity contribution in [2.45, 2.75) is 371 Å². The molecule has 0 saturated carbocycles. The van der Waals surface area contributed by atoms with E-state index < -0.39 is 49.5 Å². The summed E-state index contributed by atoms with van der Waals surface area (Å²) in [5, 5.41) is 54.5. The van der Waals surface area contributed by atoms with Gasteiger partial charge in [0.1, 0.15) is 24.4 Å². The number of aliphatic hydroxyl groups excluding tert-OH is 5. The van der Waals surface area contributed by atoms with E-state index in [0.717, 1.165) is 44.9 Å². The van der Waals surface area contributed by atoms with Crippen LogP contribution in [0.5, 0.6) is 0 Å². The van der Waals surface area contributed by atoms with E-state index in [-0.39, 0.29) is 12.5 Å². The molecule has 7 unspecified atom stereocenters. The topological polar surface area (TPSA) is 149 Å². The summed E-state index contributed by atoms with van der Waals surface area (Å²) >= 11 is 0. The Morgan fingerprint density at radius 2 is 0.776 bits per heavy atom. The van der Waals surface area contributed by atoms with E-state index in [4.69, 9.17) is 9.47 Å². The number of allylic oxidation sites excluding steroid dienone is 5. The van der Waals surface area contributed by atoms with Crippen LogP contribution in [0.3, 0.4) is 0 Å². The number of ether oxygens (including phenoxy) is 2. The van der Waals surface area contributed by atoms with Gasteiger partial charge in [0.25, 0.3) is 0 Å². The van der Waals surface area contributed by atoms with E-state index >= 15 is 0 Å². The molecule has 1 aliphatic rings. The highest BCUT2D eigenvalue weighted by atomic mass is 16.7. The number of carbonyl (C=O) groups is 1. The van der Waals surface area contributed by atoms with Gasteiger partial charge in [0, 0.05) is 6.42 Å². The normalized spacial score (nSPS) is 19.0. The number of hydrogen-bond acceptors (Lipinski definition) is 8. The largest absolute Gasteiger partial charge is 0.394 e. The molecule has 7 atom stereocenters. The second-order valence-electron chi connectivity index (χ2n) is 23.3. The van der Waals surface area contributed by atoms with Crippen molar-refractivity contribution in [2.24, 2.45) is 0 Å². The number of amides is 1. The van der Waals surface area contributed by atoms with Crippen molar-refractivity contribution >= 4 is 5.91 Å². The van der Waals surface area contributed by atoms with Crippen molar-refractivity contribution in [2.75, 3.05) is 13.2 Å². The Kier molecular flexibility index (Phi) is 54.0. The van der Waals surface area contributed by atoms with E-state index in [1.54, 1.807) is 6.08 Å². The summed E-state index contributed by atoms with van der Waals surface area (Å²) in [5.74, 6) is -0.173. The van der Waals surface area contributed by atoms with Crippen LogP contribution in [-0.2, 0) is 14.3 Å². The first-order valence-corrected chi connectivity index (χ1v) is 33.2. The third-order valence-corrected chi connectivity index (χ3v) is 16.0. The fourth-order valence-electron chi connectivity index (χ4n) is 10.7. The number of aliphatic hydroxyl groups is 5. The molecule has 1 fully saturated rings. The molecule has 0 bridgehead atoms. The lowest BCUT2D eigenvalue weighted by atomic mass is 9.99. The van der Waals surface area contributed by atoms with Gasteiger partial charge in [0.05, 0.1) is 25.4 Å². The SMILES string of the molecule is CCCCCCCCCCCCCC/C=C/C(O)C(COC1OC(CO)C(O)C(O)C1O)NC(=O)CCCCCCCCCCCCCCCCCCC/C=C\C/C=C\CCCCCCCCCCCCCCCCC. The number of rotatable bonds is 58. The highest BCUT2D eigenvalue weighted by Gasteiger charge is 2.44. The average Bonchev–Trinajstić information content (AvgIpc) is 3.42. The van der Waals surface area contributed by atoms with Crippen LogP contribution in [0.1, 0.15) is 328 Å². The third-order valence-electron chi connectivity index (χ3n) is 16.0. The molecule has 1 heterocycles. The lowest BCUT2D eigenvalue weighted by Crippen LogP contribution is -2.60. The second-order valence-corrected chi connectivity index (χ2v) is 23.3. The number of nitrogens with one attached hydrogen (secondary N) is 1. The summed E-state index contributed by atoms with van der Waals surface area (Å²) in [7, 11) is 0. The molecule has 1 rings (SSSR count). The Hall–Kier alpha value is -1.59. The maximum atomic E-state index is 13.1. The first-order valence-electron chi connectivity index (χ1n) is 33.2. The summed E-state index contributed by atoms with van der Waals surface area (Å²) in [4.78, 5) is 13.1. The highest BCUT2D eigenvalue weighted by molar-refractivity contribution is 5.76. The Bertz CT molecular complexity index is 1290. The molecule has 9 heteroatoms. The van der Waals surface area contributed by atoms with Gasteiger partial charge in [-0.3, -0.25) is 4.79 Å². The molecule has 9 nitrogen and oxygen atoms in total. The van der Waals surface area contributed by atoms with Crippen LogP contribution in [0.4, 0.5) is 0 Å². The zero-order valence-electron chi connectivity index (χ0n) is 50.0. The van der Waals surface area contributed by atoms with Crippen LogP contribution in [0.25, 0.3) is 0 Å². The summed E-state index contributed by atoms with van der Waals surface area (Å²) < 4.78 is 11.3. The maximum Gasteiger partial charge on any atom is 0.220 e. The standard InChI is InChI=1S/C67H127NO8/c1-3-5-7-9-11-13-15-17-19-20-21-22-23-24-25-26-27-28-29-30-31-32-33-34-35-36-37-38-39-40-41-42-43-45-47-49-51-53-55-57-63(71)68-60(59-75-67-66(74)65(73)64(72)62(58-69)76-67)61(70)56-54-52-50-48-46-44-18-16-14-12-10-8-6-4-2/h27-28,30-31,54,56,60-62,64-67,69-70,72-74H,3-26,29,32-53,55,57-59H2,1-2H3,(H,68,71)/b28-27-,31-30-,56-54+.